The average molecular weight is 431 g/mol. The predicted molar refractivity (Wildman–Crippen MR) is 124 cm³/mol. The van der Waals surface area contributed by atoms with Gasteiger partial charge >= 0.3 is 6.03 Å². The first-order valence-electron chi connectivity index (χ1n) is 10.9. The van der Waals surface area contributed by atoms with Gasteiger partial charge in [-0.2, -0.15) is 0 Å². The number of aromatic nitrogens is 3. The van der Waals surface area contributed by atoms with E-state index in [1.54, 1.807) is 6.33 Å². The maximum atomic E-state index is 12.1. The number of nitrogens with zero attached hydrogens (tertiary/aromatic N) is 3. The molecular formula is C24H26N6O2. The lowest BCUT2D eigenvalue weighted by Gasteiger charge is -2.10. The van der Waals surface area contributed by atoms with Crippen molar-refractivity contribution in [2.45, 2.75) is 24.9 Å². The largest absolute Gasteiger partial charge is 0.382 e. The van der Waals surface area contributed by atoms with Gasteiger partial charge < -0.3 is 25.7 Å². The van der Waals surface area contributed by atoms with Crippen LogP contribution in [0.5, 0.6) is 0 Å². The SMILES string of the molecule is Nc1nc2ccccc2c2c1ncn2CCOCCNC(=O)N[C@@H]1C[C@H]1c1ccccc1. The molecule has 0 bridgehead atoms. The van der Waals surface area contributed by atoms with Crippen LogP contribution in [-0.4, -0.2) is 46.4 Å². The summed E-state index contributed by atoms with van der Waals surface area (Å²) in [4.78, 5) is 20.9. The number of rotatable bonds is 8. The second kappa shape index (κ2) is 8.84. The molecule has 0 radical (unpaired) electrons. The molecule has 8 heteroatoms. The van der Waals surface area contributed by atoms with Crippen molar-refractivity contribution >= 4 is 33.8 Å². The van der Waals surface area contributed by atoms with Gasteiger partial charge in [0.15, 0.2) is 5.82 Å². The van der Waals surface area contributed by atoms with E-state index >= 15 is 0 Å². The lowest BCUT2D eigenvalue weighted by atomic mass is 10.1. The smallest absolute Gasteiger partial charge is 0.315 e. The van der Waals surface area contributed by atoms with E-state index in [1.165, 1.54) is 5.56 Å². The number of nitrogens with one attached hydrogen (secondary N) is 2. The van der Waals surface area contributed by atoms with E-state index in [4.69, 9.17) is 10.5 Å². The summed E-state index contributed by atoms with van der Waals surface area (Å²) in [6.45, 7) is 2.04. The first-order chi connectivity index (χ1) is 15.7. The van der Waals surface area contributed by atoms with Crippen molar-refractivity contribution in [1.82, 2.24) is 25.2 Å². The first kappa shape index (κ1) is 20.3. The lowest BCUT2D eigenvalue weighted by Crippen LogP contribution is -2.39. The number of benzene rings is 2. The number of anilines is 1. The monoisotopic (exact) mass is 430 g/mol. The van der Waals surface area contributed by atoms with Crippen LogP contribution in [0.1, 0.15) is 17.9 Å². The number of pyridine rings is 1. The highest BCUT2D eigenvalue weighted by molar-refractivity contribution is 6.06. The van der Waals surface area contributed by atoms with E-state index in [-0.39, 0.29) is 12.1 Å². The molecule has 2 amide bonds. The van der Waals surface area contributed by atoms with Crippen LogP contribution in [0.3, 0.4) is 0 Å². The maximum absolute atomic E-state index is 12.1. The Morgan fingerprint density at radius 2 is 1.94 bits per heavy atom. The van der Waals surface area contributed by atoms with Crippen LogP contribution in [0.15, 0.2) is 60.9 Å². The minimum atomic E-state index is -0.146. The maximum Gasteiger partial charge on any atom is 0.315 e. The number of urea groups is 1. The Morgan fingerprint density at radius 1 is 1.12 bits per heavy atom. The molecule has 8 nitrogen and oxygen atoms in total. The Balaban J connectivity index is 1.06. The quantitative estimate of drug-likeness (QED) is 0.373. The fourth-order valence-corrected chi connectivity index (χ4v) is 4.12. The molecule has 4 N–H and O–H groups in total. The Kier molecular flexibility index (Phi) is 5.60. The normalized spacial score (nSPS) is 17.5. The summed E-state index contributed by atoms with van der Waals surface area (Å²) >= 11 is 0. The van der Waals surface area contributed by atoms with Gasteiger partial charge in [-0.25, -0.2) is 14.8 Å². The highest BCUT2D eigenvalue weighted by Gasteiger charge is 2.39. The van der Waals surface area contributed by atoms with Gasteiger partial charge in [0.1, 0.15) is 5.52 Å². The van der Waals surface area contributed by atoms with Crippen LogP contribution in [0, 0.1) is 0 Å². The molecule has 4 aromatic rings. The van der Waals surface area contributed by atoms with Crippen LogP contribution in [0.4, 0.5) is 10.6 Å². The van der Waals surface area contributed by atoms with Crippen molar-refractivity contribution in [3.8, 4) is 0 Å². The summed E-state index contributed by atoms with van der Waals surface area (Å²) < 4.78 is 7.76. The highest BCUT2D eigenvalue weighted by atomic mass is 16.5. The van der Waals surface area contributed by atoms with Crippen molar-refractivity contribution in [2.75, 3.05) is 25.5 Å². The first-order valence-corrected chi connectivity index (χ1v) is 10.9. The number of fused-ring (bicyclic) bond motifs is 3. The number of nitrogens with two attached hydrogens (primary N) is 1. The fraction of sp³-hybridized carbons (Fsp3) is 0.292. The third-order valence-corrected chi connectivity index (χ3v) is 5.82. The van der Waals surface area contributed by atoms with Gasteiger partial charge in [-0.05, 0) is 18.1 Å². The van der Waals surface area contributed by atoms with Gasteiger partial charge in [-0.15, -0.1) is 0 Å². The third kappa shape index (κ3) is 4.22. The Labute approximate surface area is 185 Å². The number of hydrogen-bond donors (Lipinski definition) is 3. The van der Waals surface area contributed by atoms with Crippen molar-refractivity contribution in [1.29, 1.82) is 0 Å². The van der Waals surface area contributed by atoms with E-state index in [0.717, 1.165) is 22.8 Å². The second-order valence-corrected chi connectivity index (χ2v) is 8.02. The number of amides is 2. The molecule has 5 rings (SSSR count). The van der Waals surface area contributed by atoms with E-state index in [9.17, 15) is 4.79 Å². The second-order valence-electron chi connectivity index (χ2n) is 8.02. The number of nitrogen functional groups attached to an aromatic ring is 1. The molecule has 164 valence electrons. The van der Waals surface area contributed by atoms with Gasteiger partial charge in [0, 0.05) is 30.4 Å². The lowest BCUT2D eigenvalue weighted by molar-refractivity contribution is 0.129. The summed E-state index contributed by atoms with van der Waals surface area (Å²) in [6.07, 6.45) is 2.75. The Morgan fingerprint density at radius 3 is 2.81 bits per heavy atom. The van der Waals surface area contributed by atoms with Crippen molar-refractivity contribution in [2.24, 2.45) is 0 Å². The molecule has 0 unspecified atom stereocenters. The van der Waals surface area contributed by atoms with Gasteiger partial charge in [0.25, 0.3) is 0 Å². The number of para-hydroxylation sites is 1. The van der Waals surface area contributed by atoms with E-state index in [0.29, 0.717) is 43.6 Å². The molecule has 2 aromatic heterocycles. The summed E-state index contributed by atoms with van der Waals surface area (Å²) in [6, 6.07) is 18.2. The van der Waals surface area contributed by atoms with E-state index in [2.05, 4.69) is 32.7 Å². The van der Waals surface area contributed by atoms with Gasteiger partial charge in [0.2, 0.25) is 0 Å². The molecule has 1 saturated carbocycles. The van der Waals surface area contributed by atoms with Crippen molar-refractivity contribution < 1.29 is 9.53 Å². The zero-order chi connectivity index (χ0) is 21.9. The van der Waals surface area contributed by atoms with Crippen LogP contribution >= 0.6 is 0 Å². The number of ether oxygens (including phenoxy) is 1. The predicted octanol–water partition coefficient (Wildman–Crippen LogP) is 3.04. The standard InChI is InChI=1S/C24H26N6O2/c25-23-21-22(17-8-4-5-9-19(17)28-23)30(15-27-21)11-13-32-12-10-26-24(31)29-20-14-18(20)16-6-2-1-3-7-16/h1-9,15,18,20H,10-14H2,(H2,25,28)(H2,26,29,31)/t18-,20+/m0/s1. The average Bonchev–Trinajstić information content (AvgIpc) is 3.44. The zero-order valence-electron chi connectivity index (χ0n) is 17.7. The molecule has 0 spiro atoms. The molecule has 1 aliphatic carbocycles. The fourth-order valence-electron chi connectivity index (χ4n) is 4.12. The van der Waals surface area contributed by atoms with Gasteiger partial charge in [-0.3, -0.25) is 0 Å². The minimum absolute atomic E-state index is 0.146. The van der Waals surface area contributed by atoms with E-state index < -0.39 is 0 Å². The van der Waals surface area contributed by atoms with Crippen LogP contribution in [-0.2, 0) is 11.3 Å². The van der Waals surface area contributed by atoms with Crippen LogP contribution in [0.25, 0.3) is 21.9 Å². The van der Waals surface area contributed by atoms with Crippen LogP contribution in [0.2, 0.25) is 0 Å². The summed E-state index contributed by atoms with van der Waals surface area (Å²) in [5, 5.41) is 6.90. The number of hydrogen-bond acceptors (Lipinski definition) is 5. The molecule has 2 heterocycles. The van der Waals surface area contributed by atoms with Gasteiger partial charge in [-0.1, -0.05) is 48.5 Å². The molecule has 1 fully saturated rings. The Bertz CT molecular complexity index is 1240. The molecular weight excluding hydrogens is 404 g/mol. The summed E-state index contributed by atoms with van der Waals surface area (Å²) in [5.41, 5.74) is 9.87. The van der Waals surface area contributed by atoms with Crippen LogP contribution < -0.4 is 16.4 Å². The number of imidazole rings is 1. The van der Waals surface area contributed by atoms with E-state index in [1.807, 2.05) is 47.0 Å². The molecule has 2 atom stereocenters. The molecule has 2 aromatic carbocycles. The van der Waals surface area contributed by atoms with Gasteiger partial charge in [0.05, 0.1) is 30.6 Å². The van der Waals surface area contributed by atoms with Crippen molar-refractivity contribution in [3.63, 3.8) is 0 Å². The summed E-state index contributed by atoms with van der Waals surface area (Å²) in [7, 11) is 0. The molecule has 0 aliphatic heterocycles. The molecule has 0 saturated heterocycles. The third-order valence-electron chi connectivity index (χ3n) is 5.82. The summed E-state index contributed by atoms with van der Waals surface area (Å²) in [5.74, 6) is 0.849. The molecule has 1 aliphatic rings. The number of carbonyl (C=O) groups excluding carboxylic acids is 1. The van der Waals surface area contributed by atoms with Crippen molar-refractivity contribution in [3.05, 3.63) is 66.5 Å². The Hall–Kier alpha value is -3.65. The number of carbonyl (C=O) groups is 1. The highest BCUT2D eigenvalue weighted by Crippen LogP contribution is 2.40. The minimum Gasteiger partial charge on any atom is -0.382 e. The zero-order valence-corrected chi connectivity index (χ0v) is 17.7. The topological polar surface area (TPSA) is 107 Å². The molecule has 32 heavy (non-hydrogen) atoms.